The van der Waals surface area contributed by atoms with Crippen molar-refractivity contribution < 1.29 is 0 Å². The van der Waals surface area contributed by atoms with Crippen LogP contribution in [0.5, 0.6) is 0 Å². The number of nitrogens with zero attached hydrogens (tertiary/aromatic N) is 1. The molecule has 0 aliphatic heterocycles. The molecule has 2 nitrogen and oxygen atoms in total. The van der Waals surface area contributed by atoms with Crippen molar-refractivity contribution in [3.05, 3.63) is 66.4 Å². The Hall–Kier alpha value is -2.19. The van der Waals surface area contributed by atoms with Crippen LogP contribution >= 0.6 is 0 Å². The Balaban J connectivity index is 2.08. The zero-order valence-electron chi connectivity index (χ0n) is 10.7. The predicted octanol–water partition coefficient (Wildman–Crippen LogP) is 3.40. The molecule has 2 N–H and O–H groups in total. The minimum Gasteiger partial charge on any atom is -0.330 e. The fourth-order valence-corrected chi connectivity index (χ4v) is 2.37. The minimum atomic E-state index is 0.692. The van der Waals surface area contributed by atoms with Gasteiger partial charge in [-0.1, -0.05) is 42.5 Å². The molecule has 3 aromatic rings. The number of hydrogen-bond donors (Lipinski definition) is 1. The van der Waals surface area contributed by atoms with E-state index < -0.39 is 0 Å². The summed E-state index contributed by atoms with van der Waals surface area (Å²) in [4.78, 5) is 4.40. The standard InChI is InChI=1S/C17H16N2/c18-11-9-13-5-7-14(8-6-13)15-10-12-19-17-4-2-1-3-16(15)17/h1-8,10,12H,9,11,18H2. The number of nitrogens with two attached hydrogens (primary N) is 1. The molecule has 0 radical (unpaired) electrons. The molecule has 0 spiro atoms. The second-order valence-electron chi connectivity index (χ2n) is 4.61. The van der Waals surface area contributed by atoms with Crippen molar-refractivity contribution in [2.24, 2.45) is 5.73 Å². The van der Waals surface area contributed by atoms with Gasteiger partial charge >= 0.3 is 0 Å². The molecular formula is C17H16N2. The van der Waals surface area contributed by atoms with Gasteiger partial charge in [0.25, 0.3) is 0 Å². The van der Waals surface area contributed by atoms with Crippen molar-refractivity contribution in [3.63, 3.8) is 0 Å². The van der Waals surface area contributed by atoms with E-state index in [9.17, 15) is 0 Å². The van der Waals surface area contributed by atoms with Gasteiger partial charge in [0.1, 0.15) is 0 Å². The predicted molar refractivity (Wildman–Crippen MR) is 79.9 cm³/mol. The third kappa shape index (κ3) is 2.35. The van der Waals surface area contributed by atoms with Gasteiger partial charge in [0.2, 0.25) is 0 Å². The number of aromatic nitrogens is 1. The molecule has 0 atom stereocenters. The lowest BCUT2D eigenvalue weighted by Crippen LogP contribution is -2.02. The van der Waals surface area contributed by atoms with Crippen molar-refractivity contribution >= 4 is 10.9 Å². The molecule has 0 aliphatic rings. The minimum absolute atomic E-state index is 0.692. The highest BCUT2D eigenvalue weighted by Gasteiger charge is 2.03. The third-order valence-electron chi connectivity index (χ3n) is 3.35. The van der Waals surface area contributed by atoms with Crippen LogP contribution in [0.1, 0.15) is 5.56 Å². The van der Waals surface area contributed by atoms with Crippen LogP contribution in [0, 0.1) is 0 Å². The Morgan fingerprint density at radius 2 is 1.68 bits per heavy atom. The van der Waals surface area contributed by atoms with Gasteiger partial charge in [-0.25, -0.2) is 0 Å². The molecule has 2 heteroatoms. The summed E-state index contributed by atoms with van der Waals surface area (Å²) in [6.07, 6.45) is 2.79. The van der Waals surface area contributed by atoms with Crippen molar-refractivity contribution in [1.82, 2.24) is 4.98 Å². The van der Waals surface area contributed by atoms with Gasteiger partial charge in [-0.15, -0.1) is 0 Å². The van der Waals surface area contributed by atoms with Crippen LogP contribution in [0.15, 0.2) is 60.8 Å². The summed E-state index contributed by atoms with van der Waals surface area (Å²) in [6, 6.07) is 18.9. The van der Waals surface area contributed by atoms with Crippen LogP contribution < -0.4 is 5.73 Å². The molecule has 0 bridgehead atoms. The molecule has 1 aromatic heterocycles. The summed E-state index contributed by atoms with van der Waals surface area (Å²) in [7, 11) is 0. The highest BCUT2D eigenvalue weighted by molar-refractivity contribution is 5.94. The van der Waals surface area contributed by atoms with Crippen LogP contribution in [0.4, 0.5) is 0 Å². The fourth-order valence-electron chi connectivity index (χ4n) is 2.37. The number of hydrogen-bond acceptors (Lipinski definition) is 2. The second kappa shape index (κ2) is 5.21. The van der Waals surface area contributed by atoms with E-state index in [1.54, 1.807) is 0 Å². The lowest BCUT2D eigenvalue weighted by atomic mass is 10.00. The highest BCUT2D eigenvalue weighted by atomic mass is 14.6. The monoisotopic (exact) mass is 248 g/mol. The molecule has 0 amide bonds. The lowest BCUT2D eigenvalue weighted by Gasteiger charge is -2.07. The van der Waals surface area contributed by atoms with Crippen LogP contribution in [0.25, 0.3) is 22.0 Å². The summed E-state index contributed by atoms with van der Waals surface area (Å²) >= 11 is 0. The van der Waals surface area contributed by atoms with E-state index in [1.807, 2.05) is 18.3 Å². The molecule has 3 rings (SSSR count). The maximum Gasteiger partial charge on any atom is 0.0708 e. The fraction of sp³-hybridized carbons (Fsp3) is 0.118. The second-order valence-corrected chi connectivity index (χ2v) is 4.61. The van der Waals surface area contributed by atoms with E-state index in [4.69, 9.17) is 5.73 Å². The molecule has 1 heterocycles. The van der Waals surface area contributed by atoms with Crippen LogP contribution in [-0.2, 0) is 6.42 Å². The molecule has 0 saturated carbocycles. The summed E-state index contributed by atoms with van der Waals surface area (Å²) in [5, 5.41) is 1.19. The molecule has 2 aromatic carbocycles. The zero-order valence-corrected chi connectivity index (χ0v) is 10.7. The van der Waals surface area contributed by atoms with Gasteiger partial charge in [-0.05, 0) is 41.8 Å². The molecule has 19 heavy (non-hydrogen) atoms. The maximum absolute atomic E-state index is 5.58. The van der Waals surface area contributed by atoms with E-state index in [0.29, 0.717) is 6.54 Å². The Morgan fingerprint density at radius 3 is 2.47 bits per heavy atom. The average Bonchev–Trinajstić information content (AvgIpc) is 2.48. The van der Waals surface area contributed by atoms with Gasteiger partial charge in [0.15, 0.2) is 0 Å². The first-order valence-electron chi connectivity index (χ1n) is 6.51. The van der Waals surface area contributed by atoms with E-state index in [0.717, 1.165) is 11.9 Å². The van der Waals surface area contributed by atoms with E-state index in [2.05, 4.69) is 47.4 Å². The Morgan fingerprint density at radius 1 is 0.895 bits per heavy atom. The smallest absolute Gasteiger partial charge is 0.0708 e. The Bertz CT molecular complexity index is 682. The van der Waals surface area contributed by atoms with Crippen molar-refractivity contribution in [2.45, 2.75) is 6.42 Å². The van der Waals surface area contributed by atoms with Crippen molar-refractivity contribution in [1.29, 1.82) is 0 Å². The Kier molecular flexibility index (Phi) is 3.25. The Labute approximate surface area is 112 Å². The van der Waals surface area contributed by atoms with Gasteiger partial charge in [0.05, 0.1) is 5.52 Å². The SMILES string of the molecule is NCCc1ccc(-c2ccnc3ccccc23)cc1. The van der Waals surface area contributed by atoms with Crippen molar-refractivity contribution in [2.75, 3.05) is 6.54 Å². The summed E-state index contributed by atoms with van der Waals surface area (Å²) < 4.78 is 0. The van der Waals surface area contributed by atoms with Crippen LogP contribution in [0.3, 0.4) is 0 Å². The molecule has 0 fully saturated rings. The molecule has 0 unspecified atom stereocenters. The number of pyridine rings is 1. The summed E-state index contributed by atoms with van der Waals surface area (Å²) in [5.74, 6) is 0. The van der Waals surface area contributed by atoms with E-state index >= 15 is 0 Å². The maximum atomic E-state index is 5.58. The lowest BCUT2D eigenvalue weighted by molar-refractivity contribution is 0.969. The normalized spacial score (nSPS) is 10.8. The summed E-state index contributed by atoms with van der Waals surface area (Å²) in [5.41, 5.74) is 10.3. The zero-order chi connectivity index (χ0) is 13.1. The van der Waals surface area contributed by atoms with E-state index in [-0.39, 0.29) is 0 Å². The molecule has 0 saturated heterocycles. The number of benzene rings is 2. The van der Waals surface area contributed by atoms with Gasteiger partial charge in [0, 0.05) is 11.6 Å². The largest absolute Gasteiger partial charge is 0.330 e. The average molecular weight is 248 g/mol. The topological polar surface area (TPSA) is 38.9 Å². The van der Waals surface area contributed by atoms with Gasteiger partial charge in [-0.2, -0.15) is 0 Å². The quantitative estimate of drug-likeness (QED) is 0.771. The first kappa shape index (κ1) is 11.9. The molecular weight excluding hydrogens is 232 g/mol. The first-order chi connectivity index (χ1) is 9.38. The number of fused-ring (bicyclic) bond motifs is 1. The van der Waals surface area contributed by atoms with Gasteiger partial charge in [-0.3, -0.25) is 4.98 Å². The number of rotatable bonds is 3. The first-order valence-corrected chi connectivity index (χ1v) is 6.51. The number of para-hydroxylation sites is 1. The van der Waals surface area contributed by atoms with Crippen LogP contribution in [-0.4, -0.2) is 11.5 Å². The third-order valence-corrected chi connectivity index (χ3v) is 3.35. The van der Waals surface area contributed by atoms with Crippen molar-refractivity contribution in [3.8, 4) is 11.1 Å². The summed E-state index contributed by atoms with van der Waals surface area (Å²) in [6.45, 7) is 0.692. The molecule has 94 valence electrons. The van der Waals surface area contributed by atoms with Gasteiger partial charge < -0.3 is 5.73 Å². The highest BCUT2D eigenvalue weighted by Crippen LogP contribution is 2.27. The van der Waals surface area contributed by atoms with E-state index in [1.165, 1.54) is 22.1 Å². The molecule has 0 aliphatic carbocycles. The van der Waals surface area contributed by atoms with Crippen LogP contribution in [0.2, 0.25) is 0 Å².